The number of methoxy groups -OCH3 is 2. The van der Waals surface area contributed by atoms with Crippen molar-refractivity contribution in [2.45, 2.75) is 114 Å². The zero-order valence-corrected chi connectivity index (χ0v) is 61.7. The Bertz CT molecular complexity index is 5400. The Labute approximate surface area is 635 Å². The van der Waals surface area contributed by atoms with Gasteiger partial charge in [0.05, 0.1) is 86.0 Å². The molecule has 0 bridgehead atoms. The summed E-state index contributed by atoms with van der Waals surface area (Å²) in [7, 11) is 2.46. The number of hydrogen-bond acceptors (Lipinski definition) is 14. The first-order chi connectivity index (χ1) is 53.5. The number of hydrogen-bond donors (Lipinski definition) is 5. The average Bonchev–Trinajstić information content (AvgIpc) is 1.53. The highest BCUT2D eigenvalue weighted by molar-refractivity contribution is 5.93. The third kappa shape index (κ3) is 14.6. The van der Waals surface area contributed by atoms with Crippen LogP contribution in [0.3, 0.4) is 0 Å². The van der Waals surface area contributed by atoms with Crippen molar-refractivity contribution in [1.82, 2.24) is 69.9 Å². The number of H-pyrrole nitrogens is 4. The van der Waals surface area contributed by atoms with Gasteiger partial charge in [-0.3, -0.25) is 19.4 Å². The van der Waals surface area contributed by atoms with Gasteiger partial charge in [-0.25, -0.2) is 39.1 Å². The predicted molar refractivity (Wildman–Crippen MR) is 415 cm³/mol. The Hall–Kier alpha value is -12.9. The van der Waals surface area contributed by atoms with E-state index in [4.69, 9.17) is 39.0 Å². The van der Waals surface area contributed by atoms with Gasteiger partial charge in [-0.15, -0.1) is 5.06 Å². The van der Waals surface area contributed by atoms with Crippen molar-refractivity contribution >= 4 is 57.7 Å². The molecule has 6 amide bonds. The molecule has 4 fully saturated rings. The van der Waals surface area contributed by atoms with Crippen LogP contribution in [0.15, 0.2) is 207 Å². The summed E-state index contributed by atoms with van der Waals surface area (Å²) >= 11 is 0. The number of amides is 6. The number of fused-ring (bicyclic) bond motifs is 2. The third-order valence-electron chi connectivity index (χ3n) is 21.4. The van der Waals surface area contributed by atoms with Gasteiger partial charge in [0.15, 0.2) is 6.04 Å². The van der Waals surface area contributed by atoms with Crippen LogP contribution in [0, 0.1) is 0 Å². The van der Waals surface area contributed by atoms with Crippen LogP contribution in [0.2, 0.25) is 0 Å². The molecule has 8 heterocycles. The number of hydroxylamine groups is 2. The Morgan fingerprint density at radius 2 is 0.773 bits per heavy atom. The zero-order valence-electron chi connectivity index (χ0n) is 61.7. The maximum absolute atomic E-state index is 15.4. The standard InChI is InChI=1S/C86H84N14O10/c1-86(2,3)109-83(104)98-42-14-22-72(98)78-88-49-67(92-78)55-30-26-53(27-31-55)59-33-35-63-47-65(39-37-61(63)45-59)69-51-90-79(94-69)73-23-15-43-99(73)84(105)110-100(85(106)108-5)75(57-18-10-7-11-19-57)81(102)97-41-13-21-71(97)77-87-48-66(91-77)54-28-24-52(25-29-54)58-32-34-62-46-64(38-36-60(62)44-58)68-50-89-76(93-68)70-20-12-40-96(70)80(101)74(95-82(103)107-4)56-16-8-6-9-17-56/h6-11,16-19,24-39,44-51,70-75H,12-15,20-23,40-43H2,1-5H3,(H,87,91)(H,88,92)(H,89,93)(H,90,94)(H,95,103). The molecule has 0 saturated carbocycles. The molecule has 24 nitrogen and oxygen atoms in total. The van der Waals surface area contributed by atoms with Crippen molar-refractivity contribution in [2.75, 3.05) is 40.4 Å². The maximum atomic E-state index is 15.4. The number of benzene rings is 8. The lowest BCUT2D eigenvalue weighted by Gasteiger charge is -2.34. The first-order valence-electron chi connectivity index (χ1n) is 37.4. The molecule has 6 unspecified atom stereocenters. The second kappa shape index (κ2) is 30.4. The number of alkyl carbamates (subject to hydrolysis) is 1. The first-order valence-corrected chi connectivity index (χ1v) is 37.4. The van der Waals surface area contributed by atoms with Gasteiger partial charge in [0.25, 0.3) is 11.8 Å². The van der Waals surface area contributed by atoms with Crippen LogP contribution in [-0.2, 0) is 28.6 Å². The van der Waals surface area contributed by atoms with Gasteiger partial charge >= 0.3 is 24.4 Å². The third-order valence-corrected chi connectivity index (χ3v) is 21.4. The molecule has 0 spiro atoms. The van der Waals surface area contributed by atoms with Crippen LogP contribution in [-0.4, -0.2) is 147 Å². The highest BCUT2D eigenvalue weighted by atomic mass is 16.8. The molecule has 4 saturated heterocycles. The number of aromatic amines is 4. The highest BCUT2D eigenvalue weighted by Crippen LogP contribution is 2.42. The van der Waals surface area contributed by atoms with E-state index in [2.05, 4.69) is 128 Å². The number of imidazole rings is 4. The molecule has 558 valence electrons. The summed E-state index contributed by atoms with van der Waals surface area (Å²) in [6.45, 7) is 7.44. The fourth-order valence-corrected chi connectivity index (χ4v) is 15.8. The minimum Gasteiger partial charge on any atom is -0.453 e. The van der Waals surface area contributed by atoms with E-state index in [-0.39, 0.29) is 24.1 Å². The fraction of sp³-hybridized carbons (Fsp3) is 0.279. The Balaban J connectivity index is 0.560. The molecule has 4 aliphatic heterocycles. The minimum absolute atomic E-state index is 0.172. The molecule has 4 aromatic heterocycles. The van der Waals surface area contributed by atoms with Gasteiger partial charge in [0, 0.05) is 37.3 Å². The zero-order chi connectivity index (χ0) is 75.7. The lowest BCUT2D eigenvalue weighted by atomic mass is 9.98. The summed E-state index contributed by atoms with van der Waals surface area (Å²) in [5, 5.41) is 7.67. The first kappa shape index (κ1) is 71.4. The minimum atomic E-state index is -1.42. The van der Waals surface area contributed by atoms with Crippen molar-refractivity contribution in [3.63, 3.8) is 0 Å². The topological polar surface area (TPSA) is 282 Å². The maximum Gasteiger partial charge on any atom is 0.444 e. The van der Waals surface area contributed by atoms with Crippen molar-refractivity contribution < 1.29 is 47.8 Å². The number of rotatable bonds is 16. The quantitative estimate of drug-likeness (QED) is 0.0444. The molecule has 24 heteroatoms. The van der Waals surface area contributed by atoms with Crippen molar-refractivity contribution in [3.05, 3.63) is 241 Å². The monoisotopic (exact) mass is 1470 g/mol. The van der Waals surface area contributed by atoms with Gasteiger partial charge < -0.3 is 54.1 Å². The van der Waals surface area contributed by atoms with Crippen LogP contribution >= 0.6 is 0 Å². The second-order valence-corrected chi connectivity index (χ2v) is 29.4. The van der Waals surface area contributed by atoms with Gasteiger partial charge in [-0.2, -0.15) is 0 Å². The highest BCUT2D eigenvalue weighted by Gasteiger charge is 2.45. The largest absolute Gasteiger partial charge is 0.453 e. The Morgan fingerprint density at radius 1 is 0.418 bits per heavy atom. The summed E-state index contributed by atoms with van der Waals surface area (Å²) in [4.78, 5) is 130. The van der Waals surface area contributed by atoms with Crippen molar-refractivity contribution in [3.8, 4) is 67.3 Å². The van der Waals surface area contributed by atoms with Crippen molar-refractivity contribution in [2.24, 2.45) is 0 Å². The van der Waals surface area contributed by atoms with Crippen LogP contribution in [0.5, 0.6) is 0 Å². The summed E-state index contributed by atoms with van der Waals surface area (Å²) < 4.78 is 15.9. The van der Waals surface area contributed by atoms with Crippen LogP contribution in [0.25, 0.3) is 88.8 Å². The molecular formula is C86H84N14O10. The number of carbonyl (C=O) groups excluding carboxylic acids is 6. The van der Waals surface area contributed by atoms with Crippen LogP contribution in [0.4, 0.5) is 19.2 Å². The number of nitrogens with zero attached hydrogens (tertiary/aromatic N) is 9. The predicted octanol–water partition coefficient (Wildman–Crippen LogP) is 17.1. The fourth-order valence-electron chi connectivity index (χ4n) is 15.8. The molecule has 110 heavy (non-hydrogen) atoms. The van der Waals surface area contributed by atoms with Gasteiger partial charge in [-0.1, -0.05) is 158 Å². The van der Waals surface area contributed by atoms with Gasteiger partial charge in [0.2, 0.25) is 0 Å². The molecule has 12 aromatic rings. The summed E-state index contributed by atoms with van der Waals surface area (Å²) in [5.41, 5.74) is 11.6. The van der Waals surface area contributed by atoms with Crippen LogP contribution < -0.4 is 5.32 Å². The molecule has 5 N–H and O–H groups in total. The number of likely N-dealkylation sites (tertiary alicyclic amines) is 4. The van der Waals surface area contributed by atoms with E-state index in [1.54, 1.807) is 57.6 Å². The van der Waals surface area contributed by atoms with Crippen LogP contribution in [0.1, 0.15) is 143 Å². The Morgan fingerprint density at radius 3 is 1.19 bits per heavy atom. The molecular weight excluding hydrogens is 1390 g/mol. The number of nitrogens with one attached hydrogen (secondary N) is 5. The average molecular weight is 1470 g/mol. The van der Waals surface area contributed by atoms with E-state index in [0.29, 0.717) is 80.5 Å². The van der Waals surface area contributed by atoms with Gasteiger partial charge in [-0.05, 0) is 162 Å². The summed E-state index contributed by atoms with van der Waals surface area (Å²) in [5.74, 6) is 1.85. The molecule has 0 radical (unpaired) electrons. The van der Waals surface area contributed by atoms with E-state index < -0.39 is 54.0 Å². The smallest absolute Gasteiger partial charge is 0.444 e. The lowest BCUT2D eigenvalue weighted by molar-refractivity contribution is -0.160. The molecule has 6 atom stereocenters. The SMILES string of the molecule is COC(=O)NC(C(=O)N1CCCC1c1ncc(-c2ccc3cc(-c4ccc(-c5cnc(C6CCCN6C(=O)C(c6ccccc6)N(OC(=O)N6CCCC6c6ncc(-c7ccc8cc(-c9ccc(-c%10cnc(C%11CCCN%11C(=O)OC(C)(C)C)[nH]%10)cc9)ccc8c7)[nH]6)C(=O)OC)[nH]5)cc4)ccc3c2)[nH]1)c1ccccc1. The Kier molecular flexibility index (Phi) is 19.7. The summed E-state index contributed by atoms with van der Waals surface area (Å²) in [6.07, 6.45) is 9.94. The van der Waals surface area contributed by atoms with E-state index in [1.165, 1.54) is 19.1 Å². The van der Waals surface area contributed by atoms with Crippen molar-refractivity contribution in [1.29, 1.82) is 0 Å². The van der Waals surface area contributed by atoms with E-state index in [1.807, 2.05) is 81.6 Å². The lowest BCUT2D eigenvalue weighted by Crippen LogP contribution is -2.48. The number of carbonyl (C=O) groups is 6. The normalized spacial score (nSPS) is 17.7. The number of aromatic nitrogens is 8. The molecule has 16 rings (SSSR count). The summed E-state index contributed by atoms with van der Waals surface area (Å²) in [6, 6.07) is 55.9. The molecule has 8 aromatic carbocycles. The number of ether oxygens (including phenoxy) is 3. The van der Waals surface area contributed by atoms with E-state index in [9.17, 15) is 24.0 Å². The van der Waals surface area contributed by atoms with E-state index in [0.717, 1.165) is 125 Å². The van der Waals surface area contributed by atoms with E-state index >= 15 is 4.79 Å². The van der Waals surface area contributed by atoms with Gasteiger partial charge in [0.1, 0.15) is 34.9 Å². The second-order valence-electron chi connectivity index (χ2n) is 29.4. The molecule has 0 aliphatic carbocycles. The molecule has 4 aliphatic rings.